The van der Waals surface area contributed by atoms with Crippen molar-refractivity contribution >= 4 is 14.5 Å². The third-order valence-corrected chi connectivity index (χ3v) is 4.31. The highest BCUT2D eigenvalue weighted by Gasteiger charge is 2.33. The number of hydrogen-bond acceptors (Lipinski definition) is 4. The molecule has 0 fully saturated rings. The largest absolute Gasteiger partial charge is 0.464 e. The number of carbonyl (C=O) groups is 1. The minimum atomic E-state index is -2.30. The third kappa shape index (κ3) is 9.09. The topological polar surface area (TPSA) is 44.8 Å². The van der Waals surface area contributed by atoms with E-state index >= 15 is 0 Å². The van der Waals surface area contributed by atoms with Gasteiger partial charge in [0.2, 0.25) is 0 Å². The Balaban J connectivity index is 0. The standard InChI is InChI=1S/C10H22O4Si.C2H4/c1-6-13-15(5,14-7-2)8-12-10(11)9(3)4;1-2/h9H,6-8H2,1-5H3;1-2H2. The second kappa shape index (κ2) is 10.5. The van der Waals surface area contributed by atoms with Gasteiger partial charge in [0.05, 0.1) is 5.92 Å². The lowest BCUT2D eigenvalue weighted by molar-refractivity contribution is -0.146. The van der Waals surface area contributed by atoms with E-state index in [0.717, 1.165) is 0 Å². The molecule has 4 nitrogen and oxygen atoms in total. The van der Waals surface area contributed by atoms with Gasteiger partial charge in [-0.25, -0.2) is 0 Å². The quantitative estimate of drug-likeness (QED) is 0.402. The third-order valence-electron chi connectivity index (χ3n) is 1.85. The first-order chi connectivity index (χ1) is 7.95. The van der Waals surface area contributed by atoms with Crippen LogP contribution < -0.4 is 0 Å². The summed E-state index contributed by atoms with van der Waals surface area (Å²) < 4.78 is 16.2. The van der Waals surface area contributed by atoms with Crippen molar-refractivity contribution in [2.45, 2.75) is 34.2 Å². The van der Waals surface area contributed by atoms with Gasteiger partial charge >= 0.3 is 14.5 Å². The fraction of sp³-hybridized carbons (Fsp3) is 0.750. The van der Waals surface area contributed by atoms with Gasteiger partial charge in [0.1, 0.15) is 6.23 Å². The van der Waals surface area contributed by atoms with Crippen LogP contribution in [0, 0.1) is 5.92 Å². The van der Waals surface area contributed by atoms with Crippen LogP contribution in [0.2, 0.25) is 6.55 Å². The van der Waals surface area contributed by atoms with Gasteiger partial charge in [-0.1, -0.05) is 13.8 Å². The van der Waals surface area contributed by atoms with E-state index in [1.165, 1.54) is 0 Å². The molecule has 17 heavy (non-hydrogen) atoms. The fourth-order valence-corrected chi connectivity index (χ4v) is 2.98. The van der Waals surface area contributed by atoms with Crippen molar-refractivity contribution in [1.82, 2.24) is 0 Å². The first kappa shape index (κ1) is 18.7. The van der Waals surface area contributed by atoms with E-state index in [-0.39, 0.29) is 18.1 Å². The van der Waals surface area contributed by atoms with Crippen LogP contribution in [0.3, 0.4) is 0 Å². The highest BCUT2D eigenvalue weighted by atomic mass is 28.4. The molecular weight excluding hydrogens is 236 g/mol. The molecule has 0 aliphatic rings. The Hall–Kier alpha value is -0.653. The predicted octanol–water partition coefficient (Wildman–Crippen LogP) is 2.67. The van der Waals surface area contributed by atoms with Gasteiger partial charge in [0.25, 0.3) is 0 Å². The van der Waals surface area contributed by atoms with Crippen LogP contribution in [0.25, 0.3) is 0 Å². The van der Waals surface area contributed by atoms with Gasteiger partial charge < -0.3 is 13.6 Å². The Bertz CT molecular complexity index is 201. The summed E-state index contributed by atoms with van der Waals surface area (Å²) in [7, 11) is -2.30. The monoisotopic (exact) mass is 262 g/mol. The van der Waals surface area contributed by atoms with Crippen LogP contribution >= 0.6 is 0 Å². The van der Waals surface area contributed by atoms with Crippen molar-refractivity contribution in [3.05, 3.63) is 13.2 Å². The molecule has 0 rings (SSSR count). The van der Waals surface area contributed by atoms with Crippen molar-refractivity contribution in [3.63, 3.8) is 0 Å². The molecule has 0 aromatic heterocycles. The number of esters is 1. The summed E-state index contributed by atoms with van der Waals surface area (Å²) in [5.41, 5.74) is 0. The molecule has 102 valence electrons. The van der Waals surface area contributed by atoms with E-state index in [0.29, 0.717) is 13.2 Å². The summed E-state index contributed by atoms with van der Waals surface area (Å²) >= 11 is 0. The molecular formula is C12H26O4Si. The summed E-state index contributed by atoms with van der Waals surface area (Å²) in [5.74, 6) is -0.306. The van der Waals surface area contributed by atoms with Crippen LogP contribution in [0.5, 0.6) is 0 Å². The van der Waals surface area contributed by atoms with Gasteiger partial charge in [-0.2, -0.15) is 0 Å². The van der Waals surface area contributed by atoms with Crippen molar-refractivity contribution in [3.8, 4) is 0 Å². The Morgan fingerprint density at radius 2 is 1.59 bits per heavy atom. The molecule has 0 aliphatic carbocycles. The SMILES string of the molecule is C=C.CCO[Si](C)(COC(=O)C(C)C)OCC. The zero-order chi connectivity index (χ0) is 13.9. The summed E-state index contributed by atoms with van der Waals surface area (Å²) in [4.78, 5) is 11.3. The smallest absolute Gasteiger partial charge is 0.373 e. The maximum atomic E-state index is 11.3. The average molecular weight is 262 g/mol. The second-order valence-corrected chi connectivity index (χ2v) is 6.90. The minimum Gasteiger partial charge on any atom is -0.464 e. The summed E-state index contributed by atoms with van der Waals surface area (Å²) in [5, 5.41) is 0. The Kier molecular flexibility index (Phi) is 11.6. The molecule has 0 bridgehead atoms. The lowest BCUT2D eigenvalue weighted by Gasteiger charge is -2.25. The van der Waals surface area contributed by atoms with E-state index in [1.54, 1.807) is 0 Å². The molecule has 0 saturated heterocycles. The highest BCUT2D eigenvalue weighted by molar-refractivity contribution is 6.66. The molecule has 0 saturated carbocycles. The number of rotatable bonds is 7. The Morgan fingerprint density at radius 3 is 1.88 bits per heavy atom. The number of hydrogen-bond donors (Lipinski definition) is 0. The van der Waals surface area contributed by atoms with Gasteiger partial charge in [-0.05, 0) is 20.4 Å². The van der Waals surface area contributed by atoms with E-state index < -0.39 is 8.56 Å². The van der Waals surface area contributed by atoms with Crippen LogP contribution in [-0.4, -0.2) is 34.0 Å². The molecule has 5 heteroatoms. The summed E-state index contributed by atoms with van der Waals surface area (Å²) in [6, 6.07) is 0. The van der Waals surface area contributed by atoms with Gasteiger partial charge in [0.15, 0.2) is 0 Å². The summed E-state index contributed by atoms with van der Waals surface area (Å²) in [6.45, 7) is 16.5. The maximum absolute atomic E-state index is 11.3. The van der Waals surface area contributed by atoms with Crippen molar-refractivity contribution < 1.29 is 18.4 Å². The van der Waals surface area contributed by atoms with Crippen LogP contribution in [0.15, 0.2) is 13.2 Å². The molecule has 0 aromatic rings. The van der Waals surface area contributed by atoms with Crippen molar-refractivity contribution in [2.75, 3.05) is 19.4 Å². The first-order valence-electron chi connectivity index (χ1n) is 5.89. The predicted molar refractivity (Wildman–Crippen MR) is 71.9 cm³/mol. The highest BCUT2D eigenvalue weighted by Crippen LogP contribution is 2.09. The van der Waals surface area contributed by atoms with Gasteiger partial charge in [0, 0.05) is 13.2 Å². The fourth-order valence-electron chi connectivity index (χ4n) is 1.10. The molecule has 0 aromatic carbocycles. The molecule has 0 N–H and O–H groups in total. The van der Waals surface area contributed by atoms with Crippen LogP contribution in [0.1, 0.15) is 27.7 Å². The first-order valence-corrected chi connectivity index (χ1v) is 8.42. The van der Waals surface area contributed by atoms with E-state index in [9.17, 15) is 4.79 Å². The van der Waals surface area contributed by atoms with E-state index in [4.69, 9.17) is 13.6 Å². The van der Waals surface area contributed by atoms with E-state index in [2.05, 4.69) is 13.2 Å². The zero-order valence-electron chi connectivity index (χ0n) is 11.7. The molecule has 0 spiro atoms. The molecule has 0 unspecified atom stereocenters. The van der Waals surface area contributed by atoms with Crippen molar-refractivity contribution in [1.29, 1.82) is 0 Å². The lowest BCUT2D eigenvalue weighted by atomic mass is 10.2. The average Bonchev–Trinajstić information content (AvgIpc) is 2.29. The molecule has 0 aliphatic heterocycles. The van der Waals surface area contributed by atoms with Crippen LogP contribution in [-0.2, 0) is 18.4 Å². The van der Waals surface area contributed by atoms with Gasteiger partial charge in [-0.15, -0.1) is 13.2 Å². The molecule has 0 heterocycles. The van der Waals surface area contributed by atoms with Gasteiger partial charge in [-0.3, -0.25) is 4.79 Å². The summed E-state index contributed by atoms with van der Waals surface area (Å²) in [6.07, 6.45) is 0.270. The molecule has 0 radical (unpaired) electrons. The van der Waals surface area contributed by atoms with Crippen LogP contribution in [0.4, 0.5) is 0 Å². The Labute approximate surface area is 106 Å². The zero-order valence-corrected chi connectivity index (χ0v) is 12.7. The lowest BCUT2D eigenvalue weighted by Crippen LogP contribution is -2.45. The van der Waals surface area contributed by atoms with Crippen molar-refractivity contribution in [2.24, 2.45) is 5.92 Å². The number of ether oxygens (including phenoxy) is 1. The second-order valence-electron chi connectivity index (χ2n) is 3.76. The minimum absolute atomic E-state index is 0.105. The normalized spacial score (nSPS) is 10.7. The Morgan fingerprint density at radius 1 is 1.18 bits per heavy atom. The van der Waals surface area contributed by atoms with E-state index in [1.807, 2.05) is 34.2 Å². The molecule has 0 atom stereocenters. The number of carbonyl (C=O) groups excluding carboxylic acids is 1. The maximum Gasteiger partial charge on any atom is 0.373 e. The molecule has 0 amide bonds.